The zero-order valence-electron chi connectivity index (χ0n) is 7.58. The molecule has 0 aliphatic heterocycles. The molecule has 1 saturated carbocycles. The van der Waals surface area contributed by atoms with Crippen molar-refractivity contribution in [1.82, 2.24) is 0 Å². The predicted octanol–water partition coefficient (Wildman–Crippen LogP) is 2.85. The van der Waals surface area contributed by atoms with Crippen molar-refractivity contribution in [3.05, 3.63) is 0 Å². The minimum Gasteiger partial charge on any atom is -0.378 e. The molecule has 0 radical (unpaired) electrons. The van der Waals surface area contributed by atoms with Crippen LogP contribution in [0.4, 0.5) is 8.78 Å². The van der Waals surface area contributed by atoms with Crippen LogP contribution in [0.3, 0.4) is 0 Å². The molecule has 1 nitrogen and oxygen atoms in total. The molecule has 1 aliphatic rings. The van der Waals surface area contributed by atoms with Crippen molar-refractivity contribution in [2.45, 2.75) is 45.1 Å². The van der Waals surface area contributed by atoms with Crippen molar-refractivity contribution >= 4 is 0 Å². The number of ether oxygens (including phenoxy) is 1. The average molecular weight is 166 g/mol. The number of halogens is 2. The third-order valence-electron chi connectivity index (χ3n) is 1.76. The highest BCUT2D eigenvalue weighted by Gasteiger charge is 2.54. The summed E-state index contributed by atoms with van der Waals surface area (Å²) in [5, 5.41) is 0. The van der Waals surface area contributed by atoms with E-state index in [9.17, 15) is 8.78 Å². The zero-order valence-corrected chi connectivity index (χ0v) is 7.58. The average Bonchev–Trinajstić information content (AvgIpc) is 1.88. The van der Waals surface area contributed by atoms with E-state index in [0.29, 0.717) is 0 Å². The van der Waals surface area contributed by atoms with Gasteiger partial charge in [-0.15, -0.1) is 0 Å². The van der Waals surface area contributed by atoms with Gasteiger partial charge < -0.3 is 4.74 Å². The molecule has 0 unspecified atom stereocenters. The minimum absolute atomic E-state index is 0.128. The molecule has 0 amide bonds. The summed E-state index contributed by atoms with van der Waals surface area (Å²) < 4.78 is 29.1. The van der Waals surface area contributed by atoms with Crippen LogP contribution in [0, 0.1) is 0 Å². The van der Waals surface area contributed by atoms with Crippen LogP contribution in [-0.4, -0.2) is 18.6 Å². The number of methoxy groups -OCH3 is 1. The van der Waals surface area contributed by atoms with Gasteiger partial charge in [0, 0.05) is 20.0 Å². The Labute approximate surface area is 66.7 Å². The van der Waals surface area contributed by atoms with E-state index in [-0.39, 0.29) is 12.8 Å². The van der Waals surface area contributed by atoms with Crippen LogP contribution in [0.25, 0.3) is 0 Å². The first-order valence-corrected chi connectivity index (χ1v) is 3.90. The second-order valence-corrected chi connectivity index (χ2v) is 2.86. The van der Waals surface area contributed by atoms with Crippen LogP contribution in [-0.2, 0) is 4.74 Å². The lowest BCUT2D eigenvalue weighted by atomic mass is 9.78. The first-order valence-electron chi connectivity index (χ1n) is 3.90. The van der Waals surface area contributed by atoms with Crippen molar-refractivity contribution in [3.63, 3.8) is 0 Å². The molecule has 0 aromatic carbocycles. The first-order chi connectivity index (χ1) is 4.97. The Morgan fingerprint density at radius 2 is 1.55 bits per heavy atom. The summed E-state index contributed by atoms with van der Waals surface area (Å²) in [6.45, 7) is 5.70. The summed E-state index contributed by atoms with van der Waals surface area (Å²) in [5.74, 6) is -2.47. The first kappa shape index (κ1) is 10.8. The van der Waals surface area contributed by atoms with E-state index in [1.807, 2.05) is 13.8 Å². The van der Waals surface area contributed by atoms with Crippen molar-refractivity contribution < 1.29 is 13.5 Å². The van der Waals surface area contributed by atoms with Crippen LogP contribution in [0.1, 0.15) is 33.6 Å². The quantitative estimate of drug-likeness (QED) is 0.582. The number of hydrogen-bond donors (Lipinski definition) is 0. The number of hydrogen-bond acceptors (Lipinski definition) is 1. The topological polar surface area (TPSA) is 9.23 Å². The maximum atomic E-state index is 12.1. The Kier molecular flexibility index (Phi) is 3.42. The highest BCUT2D eigenvalue weighted by atomic mass is 19.3. The second kappa shape index (κ2) is 3.48. The molecule has 1 aliphatic carbocycles. The Bertz CT molecular complexity index is 115. The Balaban J connectivity index is 0.000000461. The molecule has 68 valence electrons. The normalized spacial score (nSPS) is 24.5. The van der Waals surface area contributed by atoms with Crippen LogP contribution >= 0.6 is 0 Å². The summed E-state index contributed by atoms with van der Waals surface area (Å²) >= 11 is 0. The maximum Gasteiger partial charge on any atom is 0.253 e. The molecule has 0 bridgehead atoms. The Morgan fingerprint density at radius 3 is 1.64 bits per heavy atom. The van der Waals surface area contributed by atoms with Gasteiger partial charge in [-0.1, -0.05) is 13.8 Å². The van der Waals surface area contributed by atoms with Crippen molar-refractivity contribution in [2.75, 3.05) is 7.11 Å². The number of rotatable bonds is 1. The monoisotopic (exact) mass is 166 g/mol. The Hall–Kier alpha value is -0.180. The molecule has 0 atom stereocenters. The van der Waals surface area contributed by atoms with Gasteiger partial charge in [0.25, 0.3) is 5.92 Å². The summed E-state index contributed by atoms with van der Waals surface area (Å²) in [7, 11) is 1.47. The molecular formula is C8H16F2O. The molecule has 0 spiro atoms. The fraction of sp³-hybridized carbons (Fsp3) is 1.00. The lowest BCUT2D eigenvalue weighted by Gasteiger charge is -2.43. The smallest absolute Gasteiger partial charge is 0.253 e. The summed E-state index contributed by atoms with van der Waals surface area (Å²) in [6.07, 6.45) is -0.257. The van der Waals surface area contributed by atoms with Gasteiger partial charge in [0.2, 0.25) is 0 Å². The van der Waals surface area contributed by atoms with E-state index < -0.39 is 11.5 Å². The van der Waals surface area contributed by atoms with Crippen molar-refractivity contribution in [1.29, 1.82) is 0 Å². The molecule has 0 heterocycles. The van der Waals surface area contributed by atoms with Gasteiger partial charge in [0.05, 0.1) is 5.60 Å². The van der Waals surface area contributed by atoms with Gasteiger partial charge in [-0.3, -0.25) is 0 Å². The SMILES string of the molecule is CC.COC1(C)CC(F)(F)C1. The predicted molar refractivity (Wildman–Crippen MR) is 40.9 cm³/mol. The van der Waals surface area contributed by atoms with Crippen molar-refractivity contribution in [2.24, 2.45) is 0 Å². The van der Waals surface area contributed by atoms with E-state index in [4.69, 9.17) is 4.74 Å². The molecule has 3 heteroatoms. The van der Waals surface area contributed by atoms with E-state index >= 15 is 0 Å². The third-order valence-corrected chi connectivity index (χ3v) is 1.76. The van der Waals surface area contributed by atoms with E-state index in [1.54, 1.807) is 6.92 Å². The fourth-order valence-electron chi connectivity index (χ4n) is 1.19. The lowest BCUT2D eigenvalue weighted by Crippen LogP contribution is -2.50. The van der Waals surface area contributed by atoms with Crippen LogP contribution in [0.2, 0.25) is 0 Å². The molecule has 0 N–H and O–H groups in total. The van der Waals surface area contributed by atoms with Gasteiger partial charge in [-0.25, -0.2) is 8.78 Å². The van der Waals surface area contributed by atoms with Gasteiger partial charge in [-0.2, -0.15) is 0 Å². The van der Waals surface area contributed by atoms with Gasteiger partial charge in [0.1, 0.15) is 0 Å². The van der Waals surface area contributed by atoms with Gasteiger partial charge >= 0.3 is 0 Å². The second-order valence-electron chi connectivity index (χ2n) is 2.86. The van der Waals surface area contributed by atoms with Crippen LogP contribution < -0.4 is 0 Å². The maximum absolute atomic E-state index is 12.1. The molecule has 0 aromatic heterocycles. The summed E-state index contributed by atoms with van der Waals surface area (Å²) in [4.78, 5) is 0. The summed E-state index contributed by atoms with van der Waals surface area (Å²) in [6, 6.07) is 0. The molecular weight excluding hydrogens is 150 g/mol. The molecule has 11 heavy (non-hydrogen) atoms. The molecule has 0 aromatic rings. The number of alkyl halides is 2. The standard InChI is InChI=1S/C6H10F2O.C2H6/c1-5(9-2)3-6(7,8)4-5;1-2/h3-4H2,1-2H3;1-2H3. The van der Waals surface area contributed by atoms with Crippen LogP contribution in [0.15, 0.2) is 0 Å². The Morgan fingerprint density at radius 1 is 1.18 bits per heavy atom. The highest BCUT2D eigenvalue weighted by molar-refractivity contribution is 4.97. The lowest BCUT2D eigenvalue weighted by molar-refractivity contribution is -0.208. The molecule has 1 fully saturated rings. The molecule has 1 rings (SSSR count). The van der Waals surface area contributed by atoms with Crippen molar-refractivity contribution in [3.8, 4) is 0 Å². The largest absolute Gasteiger partial charge is 0.378 e. The van der Waals surface area contributed by atoms with E-state index in [1.165, 1.54) is 7.11 Å². The summed E-state index contributed by atoms with van der Waals surface area (Å²) in [5.41, 5.74) is -0.552. The zero-order chi connectivity index (χ0) is 9.12. The highest BCUT2D eigenvalue weighted by Crippen LogP contribution is 2.46. The van der Waals surface area contributed by atoms with E-state index in [2.05, 4.69) is 0 Å². The molecule has 0 saturated heterocycles. The van der Waals surface area contributed by atoms with Gasteiger partial charge in [0.15, 0.2) is 0 Å². The fourth-order valence-corrected chi connectivity index (χ4v) is 1.19. The van der Waals surface area contributed by atoms with E-state index in [0.717, 1.165) is 0 Å². The van der Waals surface area contributed by atoms with Crippen LogP contribution in [0.5, 0.6) is 0 Å². The minimum atomic E-state index is -2.47. The van der Waals surface area contributed by atoms with Gasteiger partial charge in [-0.05, 0) is 6.92 Å². The third kappa shape index (κ3) is 2.73.